The van der Waals surface area contributed by atoms with Crippen molar-refractivity contribution in [1.82, 2.24) is 0 Å². The van der Waals surface area contributed by atoms with Crippen LogP contribution in [-0.2, 0) is 9.47 Å². The summed E-state index contributed by atoms with van der Waals surface area (Å²) in [6.45, 7) is 1.94. The second kappa shape index (κ2) is 8.76. The summed E-state index contributed by atoms with van der Waals surface area (Å²) in [6, 6.07) is 7.83. The Morgan fingerprint density at radius 2 is 2.06 bits per heavy atom. The topological polar surface area (TPSA) is 18.5 Å². The molecule has 0 aliphatic carbocycles. The van der Waals surface area contributed by atoms with E-state index in [1.807, 2.05) is 24.3 Å². The fraction of sp³-hybridized carbons (Fsp3) is 0.538. The summed E-state index contributed by atoms with van der Waals surface area (Å²) >= 11 is 11.9. The average molecular weight is 277 g/mol. The largest absolute Gasteiger partial charge is 0.382 e. The molecule has 0 bridgehead atoms. The Bertz CT molecular complexity index is 318. The lowest BCUT2D eigenvalue weighted by molar-refractivity contribution is 0.0676. The third-order valence-electron chi connectivity index (χ3n) is 2.55. The van der Waals surface area contributed by atoms with Gasteiger partial charge in [0, 0.05) is 24.6 Å². The van der Waals surface area contributed by atoms with E-state index in [9.17, 15) is 0 Å². The molecule has 4 heteroatoms. The number of halogens is 2. The molecular formula is C13H18Cl2O2. The van der Waals surface area contributed by atoms with Gasteiger partial charge in [-0.05, 0) is 30.0 Å². The fourth-order valence-electron chi connectivity index (χ4n) is 1.56. The van der Waals surface area contributed by atoms with Crippen molar-refractivity contribution in [2.24, 2.45) is 0 Å². The Morgan fingerprint density at radius 3 is 2.71 bits per heavy atom. The summed E-state index contributed by atoms with van der Waals surface area (Å²) in [4.78, 5) is 0. The SMILES string of the molecule is COCCOCCC(CCl)c1cccc(Cl)c1. The Hall–Kier alpha value is -0.280. The van der Waals surface area contributed by atoms with E-state index in [1.165, 1.54) is 5.56 Å². The van der Waals surface area contributed by atoms with E-state index in [-0.39, 0.29) is 5.92 Å². The van der Waals surface area contributed by atoms with Crippen LogP contribution >= 0.6 is 23.2 Å². The van der Waals surface area contributed by atoms with Crippen LogP contribution in [-0.4, -0.2) is 32.8 Å². The van der Waals surface area contributed by atoms with Gasteiger partial charge in [-0.2, -0.15) is 0 Å². The highest BCUT2D eigenvalue weighted by molar-refractivity contribution is 6.30. The molecule has 1 aromatic rings. The maximum absolute atomic E-state index is 5.97. The minimum Gasteiger partial charge on any atom is -0.382 e. The van der Waals surface area contributed by atoms with Crippen molar-refractivity contribution in [1.29, 1.82) is 0 Å². The molecule has 17 heavy (non-hydrogen) atoms. The molecule has 0 aliphatic rings. The van der Waals surface area contributed by atoms with Crippen molar-refractivity contribution in [3.05, 3.63) is 34.9 Å². The molecule has 0 fully saturated rings. The predicted octanol–water partition coefficient (Wildman–Crippen LogP) is 3.72. The molecule has 96 valence electrons. The van der Waals surface area contributed by atoms with E-state index < -0.39 is 0 Å². The number of benzene rings is 1. The zero-order valence-corrected chi connectivity index (χ0v) is 11.5. The number of hydrogen-bond acceptors (Lipinski definition) is 2. The molecule has 0 heterocycles. The first-order valence-electron chi connectivity index (χ1n) is 5.66. The van der Waals surface area contributed by atoms with Crippen LogP contribution in [0.3, 0.4) is 0 Å². The summed E-state index contributed by atoms with van der Waals surface area (Å²) in [6.07, 6.45) is 0.896. The number of methoxy groups -OCH3 is 1. The first kappa shape index (κ1) is 14.8. The van der Waals surface area contributed by atoms with Crippen LogP contribution in [0.5, 0.6) is 0 Å². The lowest BCUT2D eigenvalue weighted by atomic mass is 9.98. The molecule has 1 atom stereocenters. The van der Waals surface area contributed by atoms with Crippen LogP contribution in [0.4, 0.5) is 0 Å². The van der Waals surface area contributed by atoms with E-state index >= 15 is 0 Å². The van der Waals surface area contributed by atoms with Gasteiger partial charge >= 0.3 is 0 Å². The molecule has 0 saturated carbocycles. The molecule has 0 aromatic heterocycles. The van der Waals surface area contributed by atoms with Gasteiger partial charge in [0.2, 0.25) is 0 Å². The molecule has 0 N–H and O–H groups in total. The molecule has 0 aliphatic heterocycles. The Balaban J connectivity index is 2.38. The minimum atomic E-state index is 0.290. The summed E-state index contributed by atoms with van der Waals surface area (Å²) in [5, 5.41) is 0.748. The van der Waals surface area contributed by atoms with Crippen molar-refractivity contribution in [3.63, 3.8) is 0 Å². The maximum Gasteiger partial charge on any atom is 0.0700 e. The van der Waals surface area contributed by atoms with Crippen LogP contribution in [0.15, 0.2) is 24.3 Å². The number of hydrogen-bond donors (Lipinski definition) is 0. The smallest absolute Gasteiger partial charge is 0.0700 e. The van der Waals surface area contributed by atoms with Crippen molar-refractivity contribution in [2.75, 3.05) is 32.8 Å². The monoisotopic (exact) mass is 276 g/mol. The van der Waals surface area contributed by atoms with E-state index in [0.717, 1.165) is 11.4 Å². The standard InChI is InChI=1S/C13H18Cl2O2/c1-16-7-8-17-6-5-12(10-14)11-3-2-4-13(15)9-11/h2-4,9,12H,5-8,10H2,1H3. The Kier molecular flexibility index (Phi) is 7.62. The lowest BCUT2D eigenvalue weighted by Gasteiger charge is -2.14. The van der Waals surface area contributed by atoms with Gasteiger partial charge in [-0.25, -0.2) is 0 Å². The normalized spacial score (nSPS) is 12.6. The zero-order chi connectivity index (χ0) is 12.5. The van der Waals surface area contributed by atoms with Crippen molar-refractivity contribution < 1.29 is 9.47 Å². The molecular weight excluding hydrogens is 259 g/mol. The van der Waals surface area contributed by atoms with Crippen LogP contribution < -0.4 is 0 Å². The highest BCUT2D eigenvalue weighted by Crippen LogP contribution is 2.23. The van der Waals surface area contributed by atoms with E-state index in [4.69, 9.17) is 32.7 Å². The van der Waals surface area contributed by atoms with Gasteiger partial charge in [-0.3, -0.25) is 0 Å². The molecule has 0 saturated heterocycles. The van der Waals surface area contributed by atoms with Gasteiger partial charge in [0.25, 0.3) is 0 Å². The van der Waals surface area contributed by atoms with E-state index in [1.54, 1.807) is 7.11 Å². The third kappa shape index (κ3) is 5.73. The highest BCUT2D eigenvalue weighted by atomic mass is 35.5. The molecule has 0 spiro atoms. The number of rotatable bonds is 8. The fourth-order valence-corrected chi connectivity index (χ4v) is 2.09. The average Bonchev–Trinajstić information content (AvgIpc) is 2.34. The van der Waals surface area contributed by atoms with E-state index in [0.29, 0.717) is 25.7 Å². The van der Waals surface area contributed by atoms with Crippen LogP contribution in [0.2, 0.25) is 5.02 Å². The molecule has 0 amide bonds. The second-order valence-corrected chi connectivity index (χ2v) is 4.55. The third-order valence-corrected chi connectivity index (χ3v) is 3.16. The first-order valence-corrected chi connectivity index (χ1v) is 6.57. The van der Waals surface area contributed by atoms with Crippen LogP contribution in [0.1, 0.15) is 17.9 Å². The van der Waals surface area contributed by atoms with Gasteiger partial charge in [0.1, 0.15) is 0 Å². The predicted molar refractivity (Wildman–Crippen MR) is 72.2 cm³/mol. The van der Waals surface area contributed by atoms with Crippen molar-refractivity contribution in [3.8, 4) is 0 Å². The van der Waals surface area contributed by atoms with Gasteiger partial charge < -0.3 is 9.47 Å². The lowest BCUT2D eigenvalue weighted by Crippen LogP contribution is -2.08. The maximum atomic E-state index is 5.97. The van der Waals surface area contributed by atoms with E-state index in [2.05, 4.69) is 0 Å². The number of alkyl halides is 1. The van der Waals surface area contributed by atoms with Gasteiger partial charge in [0.05, 0.1) is 13.2 Å². The summed E-state index contributed by atoms with van der Waals surface area (Å²) in [7, 11) is 1.66. The van der Waals surface area contributed by atoms with Crippen molar-refractivity contribution in [2.45, 2.75) is 12.3 Å². The van der Waals surface area contributed by atoms with Gasteiger partial charge in [-0.15, -0.1) is 11.6 Å². The Labute approximate surface area is 113 Å². The quantitative estimate of drug-likeness (QED) is 0.532. The van der Waals surface area contributed by atoms with Gasteiger partial charge in [0.15, 0.2) is 0 Å². The summed E-state index contributed by atoms with van der Waals surface area (Å²) in [5.41, 5.74) is 1.17. The number of ether oxygens (including phenoxy) is 2. The first-order chi connectivity index (χ1) is 8.27. The van der Waals surface area contributed by atoms with Crippen LogP contribution in [0.25, 0.3) is 0 Å². The molecule has 1 unspecified atom stereocenters. The van der Waals surface area contributed by atoms with Crippen LogP contribution in [0, 0.1) is 0 Å². The molecule has 1 rings (SSSR count). The second-order valence-electron chi connectivity index (χ2n) is 3.80. The Morgan fingerprint density at radius 1 is 1.24 bits per heavy atom. The molecule has 0 radical (unpaired) electrons. The van der Waals surface area contributed by atoms with Gasteiger partial charge in [-0.1, -0.05) is 23.7 Å². The van der Waals surface area contributed by atoms with Crippen molar-refractivity contribution >= 4 is 23.2 Å². The summed E-state index contributed by atoms with van der Waals surface area (Å²) < 4.78 is 10.3. The summed E-state index contributed by atoms with van der Waals surface area (Å²) in [5.74, 6) is 0.867. The molecule has 1 aromatic carbocycles. The minimum absolute atomic E-state index is 0.290. The molecule has 2 nitrogen and oxygen atoms in total. The zero-order valence-electron chi connectivity index (χ0n) is 9.99. The highest BCUT2D eigenvalue weighted by Gasteiger charge is 2.10.